The summed E-state index contributed by atoms with van der Waals surface area (Å²) in [6.45, 7) is 0.779. The Balaban J connectivity index is 1.29. The minimum Gasteiger partial charge on any atom is -0.350 e. The Morgan fingerprint density at radius 2 is 1.88 bits per heavy atom. The Hall–Kier alpha value is -3.38. The normalized spacial score (nSPS) is 16.7. The number of hydrogen-bond acceptors (Lipinski definition) is 3. The molecular weight excluding hydrogens is 424 g/mol. The van der Waals surface area contributed by atoms with Gasteiger partial charge in [0.2, 0.25) is 0 Å². The van der Waals surface area contributed by atoms with E-state index in [1.54, 1.807) is 17.0 Å². The zero-order valence-corrected chi connectivity index (χ0v) is 18.1. The largest absolute Gasteiger partial charge is 0.350 e. The summed E-state index contributed by atoms with van der Waals surface area (Å²) in [4.78, 5) is 38.9. The third-order valence-corrected chi connectivity index (χ3v) is 6.94. The lowest BCUT2D eigenvalue weighted by atomic mass is 9.94. The number of carbonyl (C=O) groups excluding carboxylic acids is 1. The molecule has 2 aromatic carbocycles. The molecule has 2 aromatic heterocycles. The van der Waals surface area contributed by atoms with E-state index in [-0.39, 0.29) is 23.4 Å². The highest BCUT2D eigenvalue weighted by atomic mass is 35.5. The standard InChI is InChI=1S/C25H21ClN4O2/c26-17-7-6-15-12-21(27-20(15)13-17)23(32)30-11-8-19-18(14-30)22(31)29-24(28-19)25(9-10-25)16-4-2-1-3-5-16/h1-7,12-13,27H,8-11,14H2,(H,28,29,31). The summed E-state index contributed by atoms with van der Waals surface area (Å²) in [7, 11) is 0. The van der Waals surface area contributed by atoms with Crippen LogP contribution in [0.4, 0.5) is 0 Å². The van der Waals surface area contributed by atoms with Gasteiger partial charge in [0.25, 0.3) is 11.5 Å². The SMILES string of the molecule is O=C(c1cc2ccc(Cl)cc2[nH]1)N1CCc2nc(C3(c4ccccc4)CC3)[nH]c(=O)c2C1. The van der Waals surface area contributed by atoms with E-state index >= 15 is 0 Å². The van der Waals surface area contributed by atoms with Gasteiger partial charge in [-0.1, -0.05) is 48.0 Å². The molecule has 2 aliphatic rings. The van der Waals surface area contributed by atoms with Crippen molar-refractivity contribution in [3.05, 3.63) is 98.3 Å². The van der Waals surface area contributed by atoms with Crippen LogP contribution in [0.3, 0.4) is 0 Å². The van der Waals surface area contributed by atoms with Crippen LogP contribution in [-0.2, 0) is 18.4 Å². The molecule has 2 N–H and O–H groups in total. The van der Waals surface area contributed by atoms with Crippen LogP contribution in [0.25, 0.3) is 10.9 Å². The number of rotatable bonds is 3. The Kier molecular flexibility index (Phi) is 4.27. The van der Waals surface area contributed by atoms with Crippen molar-refractivity contribution in [2.24, 2.45) is 0 Å². The highest BCUT2D eigenvalue weighted by Gasteiger charge is 2.48. The van der Waals surface area contributed by atoms with Crippen LogP contribution in [0.15, 0.2) is 59.4 Å². The van der Waals surface area contributed by atoms with Crippen LogP contribution in [-0.4, -0.2) is 32.3 Å². The lowest BCUT2D eigenvalue weighted by Crippen LogP contribution is -2.40. The van der Waals surface area contributed by atoms with E-state index < -0.39 is 0 Å². The topological polar surface area (TPSA) is 81.8 Å². The summed E-state index contributed by atoms with van der Waals surface area (Å²) in [6.07, 6.45) is 2.52. The minimum atomic E-state index is -0.186. The first-order chi connectivity index (χ1) is 15.5. The summed E-state index contributed by atoms with van der Waals surface area (Å²) in [5.74, 6) is 0.620. The van der Waals surface area contributed by atoms with Crippen molar-refractivity contribution < 1.29 is 4.79 Å². The van der Waals surface area contributed by atoms with Crippen LogP contribution >= 0.6 is 11.6 Å². The van der Waals surface area contributed by atoms with Crippen LogP contribution in [0.1, 0.15) is 46.0 Å². The van der Waals surface area contributed by atoms with Gasteiger partial charge < -0.3 is 14.9 Å². The fourth-order valence-electron chi connectivity index (χ4n) is 4.75. The summed E-state index contributed by atoms with van der Waals surface area (Å²) in [5, 5.41) is 1.54. The first-order valence-corrected chi connectivity index (χ1v) is 11.2. The summed E-state index contributed by atoms with van der Waals surface area (Å²) >= 11 is 6.06. The van der Waals surface area contributed by atoms with Crippen LogP contribution in [0.2, 0.25) is 5.02 Å². The van der Waals surface area contributed by atoms with Gasteiger partial charge >= 0.3 is 0 Å². The molecule has 1 fully saturated rings. The number of carbonyl (C=O) groups is 1. The first kappa shape index (κ1) is 19.3. The molecule has 4 aromatic rings. The number of H-pyrrole nitrogens is 2. The monoisotopic (exact) mass is 444 g/mol. The second-order valence-corrected chi connectivity index (χ2v) is 9.12. The average molecular weight is 445 g/mol. The van der Waals surface area contributed by atoms with Crippen molar-refractivity contribution in [3.8, 4) is 0 Å². The second-order valence-electron chi connectivity index (χ2n) is 8.68. The summed E-state index contributed by atoms with van der Waals surface area (Å²) in [6, 6.07) is 17.5. The highest BCUT2D eigenvalue weighted by molar-refractivity contribution is 6.31. The molecule has 3 heterocycles. The molecule has 0 unspecified atom stereocenters. The molecule has 6 rings (SSSR count). The summed E-state index contributed by atoms with van der Waals surface area (Å²) < 4.78 is 0. The molecule has 0 spiro atoms. The van der Waals surface area contributed by atoms with Gasteiger partial charge in [0.05, 0.1) is 23.2 Å². The van der Waals surface area contributed by atoms with Gasteiger partial charge in [-0.3, -0.25) is 9.59 Å². The third kappa shape index (κ3) is 3.06. The number of amides is 1. The lowest BCUT2D eigenvalue weighted by Gasteiger charge is -2.28. The molecule has 6 nitrogen and oxygen atoms in total. The maximum absolute atomic E-state index is 13.1. The third-order valence-electron chi connectivity index (χ3n) is 6.70. The van der Waals surface area contributed by atoms with Crippen molar-refractivity contribution in [1.82, 2.24) is 19.9 Å². The number of halogens is 1. The van der Waals surface area contributed by atoms with Gasteiger partial charge in [-0.2, -0.15) is 0 Å². The number of nitrogens with zero attached hydrogens (tertiary/aromatic N) is 2. The molecule has 1 amide bonds. The van der Waals surface area contributed by atoms with E-state index in [1.165, 1.54) is 5.56 Å². The Morgan fingerprint density at radius 1 is 1.06 bits per heavy atom. The first-order valence-electron chi connectivity index (χ1n) is 10.8. The van der Waals surface area contributed by atoms with Gasteiger partial charge in [-0.15, -0.1) is 0 Å². The average Bonchev–Trinajstić information content (AvgIpc) is 3.52. The maximum Gasteiger partial charge on any atom is 0.270 e. The fourth-order valence-corrected chi connectivity index (χ4v) is 4.93. The number of hydrogen-bond donors (Lipinski definition) is 2. The molecule has 0 bridgehead atoms. The van der Waals surface area contributed by atoms with E-state index in [0.29, 0.717) is 29.2 Å². The van der Waals surface area contributed by atoms with Crippen molar-refractivity contribution in [1.29, 1.82) is 0 Å². The van der Waals surface area contributed by atoms with Gasteiger partial charge in [-0.05, 0) is 36.6 Å². The van der Waals surface area contributed by atoms with Gasteiger partial charge in [0, 0.05) is 28.9 Å². The van der Waals surface area contributed by atoms with Crippen molar-refractivity contribution in [2.75, 3.05) is 6.54 Å². The molecular formula is C25H21ClN4O2. The summed E-state index contributed by atoms with van der Waals surface area (Å²) in [5.41, 5.74) is 3.55. The maximum atomic E-state index is 13.1. The van der Waals surface area contributed by atoms with Gasteiger partial charge in [0.1, 0.15) is 11.5 Å². The Morgan fingerprint density at radius 3 is 2.66 bits per heavy atom. The van der Waals surface area contributed by atoms with E-state index in [4.69, 9.17) is 16.6 Å². The van der Waals surface area contributed by atoms with Crippen LogP contribution in [0, 0.1) is 0 Å². The fraction of sp³-hybridized carbons (Fsp3) is 0.240. The van der Waals surface area contributed by atoms with Crippen molar-refractivity contribution in [3.63, 3.8) is 0 Å². The molecule has 7 heteroatoms. The predicted molar refractivity (Wildman–Crippen MR) is 123 cm³/mol. The zero-order chi connectivity index (χ0) is 21.9. The van der Waals surface area contributed by atoms with Crippen molar-refractivity contribution >= 4 is 28.4 Å². The molecule has 1 saturated carbocycles. The lowest BCUT2D eigenvalue weighted by molar-refractivity contribution is 0.0727. The molecule has 0 radical (unpaired) electrons. The smallest absolute Gasteiger partial charge is 0.270 e. The molecule has 1 aliphatic heterocycles. The Labute approximate surface area is 189 Å². The van der Waals surface area contributed by atoms with Gasteiger partial charge in [0.15, 0.2) is 0 Å². The van der Waals surface area contributed by atoms with E-state index in [9.17, 15) is 9.59 Å². The second kappa shape index (κ2) is 7.07. The highest BCUT2D eigenvalue weighted by Crippen LogP contribution is 2.51. The number of fused-ring (bicyclic) bond motifs is 2. The quantitative estimate of drug-likeness (QED) is 0.497. The van der Waals surface area contributed by atoms with E-state index in [1.807, 2.05) is 30.3 Å². The zero-order valence-electron chi connectivity index (χ0n) is 17.3. The molecule has 1 aliphatic carbocycles. The van der Waals surface area contributed by atoms with Gasteiger partial charge in [-0.25, -0.2) is 4.98 Å². The molecule has 0 saturated heterocycles. The number of benzene rings is 2. The van der Waals surface area contributed by atoms with E-state index in [0.717, 1.165) is 35.3 Å². The Bertz CT molecular complexity index is 1420. The number of nitrogens with one attached hydrogen (secondary N) is 2. The number of aromatic nitrogens is 3. The predicted octanol–water partition coefficient (Wildman–Crippen LogP) is 4.18. The van der Waals surface area contributed by atoms with Crippen LogP contribution in [0.5, 0.6) is 0 Å². The van der Waals surface area contributed by atoms with E-state index in [2.05, 4.69) is 22.1 Å². The number of aromatic amines is 2. The minimum absolute atomic E-state index is 0.130. The molecule has 0 atom stereocenters. The molecule has 160 valence electrons. The van der Waals surface area contributed by atoms with Crippen LogP contribution < -0.4 is 5.56 Å². The molecule has 32 heavy (non-hydrogen) atoms. The van der Waals surface area contributed by atoms with Crippen molar-refractivity contribution in [2.45, 2.75) is 31.2 Å².